The first kappa shape index (κ1) is 20.3. The normalized spacial score (nSPS) is 18.4. The van der Waals surface area contributed by atoms with Crippen molar-refractivity contribution in [3.05, 3.63) is 59.4 Å². The molecule has 0 spiro atoms. The summed E-state index contributed by atoms with van der Waals surface area (Å²) in [5.41, 5.74) is 3.86. The Morgan fingerprint density at radius 1 is 1.34 bits per heavy atom. The Kier molecular flexibility index (Phi) is 5.27. The zero-order chi connectivity index (χ0) is 21.3. The predicted octanol–water partition coefficient (Wildman–Crippen LogP) is 2.07. The Labute approximate surface area is 166 Å². The highest BCUT2D eigenvalue weighted by atomic mass is 19.1. The van der Waals surface area contributed by atoms with Crippen LogP contribution in [0.2, 0.25) is 0 Å². The lowest BCUT2D eigenvalue weighted by molar-refractivity contribution is 0.0995. The summed E-state index contributed by atoms with van der Waals surface area (Å²) in [6.45, 7) is 4.36. The number of ether oxygens (including phenoxy) is 1. The second kappa shape index (κ2) is 7.53. The van der Waals surface area contributed by atoms with E-state index in [0.29, 0.717) is 24.7 Å². The summed E-state index contributed by atoms with van der Waals surface area (Å²) in [6, 6.07) is 4.53. The molecule has 1 fully saturated rings. The molecule has 3 rings (SSSR count). The maximum Gasteiger partial charge on any atom is 0.267 e. The third-order valence-corrected chi connectivity index (χ3v) is 4.77. The van der Waals surface area contributed by atoms with Crippen LogP contribution in [0.1, 0.15) is 22.5 Å². The van der Waals surface area contributed by atoms with Gasteiger partial charge in [-0.1, -0.05) is 18.4 Å². The van der Waals surface area contributed by atoms with Crippen molar-refractivity contribution < 1.29 is 23.4 Å². The fourth-order valence-electron chi connectivity index (χ4n) is 2.96. The Morgan fingerprint density at radius 3 is 2.66 bits per heavy atom. The standard InChI is InChI=1S/C21H19F2N3O3/c1-12-21(28,6-7-26(12)2)5-4-13-8-15(17(23)11-16(13)22)18-9-14(29-3)10-19(25-18)20(24)27/h8-11,28H,1,6-7H2,2-3H3,(H2,24,27)/t21-/m0/s1. The second-order valence-electron chi connectivity index (χ2n) is 6.68. The Morgan fingerprint density at radius 2 is 2.07 bits per heavy atom. The number of rotatable bonds is 3. The maximum atomic E-state index is 14.5. The van der Waals surface area contributed by atoms with E-state index < -0.39 is 23.1 Å². The maximum absolute atomic E-state index is 14.5. The average Bonchev–Trinajstić information content (AvgIpc) is 2.94. The third-order valence-electron chi connectivity index (χ3n) is 4.77. The summed E-state index contributed by atoms with van der Waals surface area (Å²) in [4.78, 5) is 17.3. The van der Waals surface area contributed by atoms with Crippen molar-refractivity contribution >= 4 is 5.91 Å². The summed E-state index contributed by atoms with van der Waals surface area (Å²) in [5, 5.41) is 10.6. The van der Waals surface area contributed by atoms with Crippen LogP contribution >= 0.6 is 0 Å². The van der Waals surface area contributed by atoms with Gasteiger partial charge in [0.1, 0.15) is 23.1 Å². The van der Waals surface area contributed by atoms with Crippen molar-refractivity contribution in [2.24, 2.45) is 5.73 Å². The van der Waals surface area contributed by atoms with E-state index in [-0.39, 0.29) is 28.3 Å². The number of pyridine rings is 1. The number of methoxy groups -OCH3 is 1. The number of carbonyl (C=O) groups is 1. The lowest BCUT2D eigenvalue weighted by Crippen LogP contribution is -2.26. The first-order valence-electron chi connectivity index (χ1n) is 8.66. The monoisotopic (exact) mass is 399 g/mol. The first-order valence-corrected chi connectivity index (χ1v) is 8.66. The molecule has 2 aromatic rings. The number of aromatic nitrogens is 1. The quantitative estimate of drug-likeness (QED) is 0.772. The van der Waals surface area contributed by atoms with Gasteiger partial charge >= 0.3 is 0 Å². The zero-order valence-electron chi connectivity index (χ0n) is 15.9. The second-order valence-corrected chi connectivity index (χ2v) is 6.68. The van der Waals surface area contributed by atoms with Gasteiger partial charge in [-0.05, 0) is 6.07 Å². The van der Waals surface area contributed by atoms with E-state index in [1.165, 1.54) is 19.2 Å². The molecule has 1 aromatic heterocycles. The van der Waals surface area contributed by atoms with Gasteiger partial charge in [0.25, 0.3) is 5.91 Å². The van der Waals surface area contributed by atoms with E-state index in [9.17, 15) is 18.7 Å². The van der Waals surface area contributed by atoms with Crippen LogP contribution in [-0.2, 0) is 0 Å². The van der Waals surface area contributed by atoms with Gasteiger partial charge in [0.05, 0.1) is 24.1 Å². The van der Waals surface area contributed by atoms with Crippen molar-refractivity contribution in [1.82, 2.24) is 9.88 Å². The van der Waals surface area contributed by atoms with Crippen LogP contribution in [0.25, 0.3) is 11.3 Å². The topological polar surface area (TPSA) is 88.7 Å². The number of primary amides is 1. The molecular formula is C21H19F2N3O3. The number of aliphatic hydroxyl groups is 1. The van der Waals surface area contributed by atoms with E-state index in [4.69, 9.17) is 10.5 Å². The predicted molar refractivity (Wildman–Crippen MR) is 103 cm³/mol. The Bertz CT molecular complexity index is 1070. The zero-order valence-corrected chi connectivity index (χ0v) is 15.9. The number of nitrogens with two attached hydrogens (primary N) is 1. The molecule has 8 heteroatoms. The van der Waals surface area contributed by atoms with E-state index in [2.05, 4.69) is 23.4 Å². The van der Waals surface area contributed by atoms with E-state index in [0.717, 1.165) is 6.07 Å². The van der Waals surface area contributed by atoms with Crippen molar-refractivity contribution in [2.75, 3.05) is 20.7 Å². The number of likely N-dealkylation sites (tertiary alicyclic amines) is 1. The molecule has 29 heavy (non-hydrogen) atoms. The number of carbonyl (C=O) groups excluding carboxylic acids is 1. The lowest BCUT2D eigenvalue weighted by atomic mass is 9.99. The first-order chi connectivity index (χ1) is 13.6. The average molecular weight is 399 g/mol. The van der Waals surface area contributed by atoms with Gasteiger partial charge in [-0.2, -0.15) is 0 Å². The Hall–Kier alpha value is -3.44. The van der Waals surface area contributed by atoms with Crippen LogP contribution in [0.15, 0.2) is 36.5 Å². The van der Waals surface area contributed by atoms with Gasteiger partial charge < -0.3 is 20.5 Å². The van der Waals surface area contributed by atoms with Crippen molar-refractivity contribution in [3.63, 3.8) is 0 Å². The summed E-state index contributed by atoms with van der Waals surface area (Å²) in [5.74, 6) is 2.83. The molecule has 3 N–H and O–H groups in total. The van der Waals surface area contributed by atoms with Crippen LogP contribution in [0.5, 0.6) is 5.75 Å². The molecule has 1 aliphatic rings. The van der Waals surface area contributed by atoms with E-state index in [1.54, 1.807) is 11.9 Å². The number of likely N-dealkylation sites (N-methyl/N-ethyl adjacent to an activating group) is 1. The summed E-state index contributed by atoms with van der Waals surface area (Å²) < 4.78 is 33.8. The molecule has 0 unspecified atom stereocenters. The summed E-state index contributed by atoms with van der Waals surface area (Å²) in [6.07, 6.45) is 0.324. The van der Waals surface area contributed by atoms with Gasteiger partial charge in [0.15, 0.2) is 5.60 Å². The molecule has 1 aromatic carbocycles. The molecule has 1 atom stereocenters. The van der Waals surface area contributed by atoms with Crippen molar-refractivity contribution in [1.29, 1.82) is 0 Å². The number of hydrogen-bond acceptors (Lipinski definition) is 5. The minimum absolute atomic E-state index is 0.0300. The molecule has 0 bridgehead atoms. The lowest BCUT2D eigenvalue weighted by Gasteiger charge is -2.19. The fourth-order valence-corrected chi connectivity index (χ4v) is 2.96. The highest BCUT2D eigenvalue weighted by Crippen LogP contribution is 2.30. The molecule has 2 heterocycles. The highest BCUT2D eigenvalue weighted by molar-refractivity contribution is 5.92. The number of amides is 1. The van der Waals surface area contributed by atoms with Gasteiger partial charge in [0, 0.05) is 43.8 Å². The van der Waals surface area contributed by atoms with Crippen molar-refractivity contribution in [3.8, 4) is 28.8 Å². The van der Waals surface area contributed by atoms with Crippen molar-refractivity contribution in [2.45, 2.75) is 12.0 Å². The molecule has 6 nitrogen and oxygen atoms in total. The third kappa shape index (κ3) is 3.91. The fraction of sp³-hybridized carbons (Fsp3) is 0.238. The molecule has 0 aliphatic carbocycles. The van der Waals surface area contributed by atoms with Gasteiger partial charge in [-0.15, -0.1) is 0 Å². The smallest absolute Gasteiger partial charge is 0.267 e. The SMILES string of the molecule is C=C1N(C)CC[C@@]1(O)C#Cc1cc(-c2cc(OC)cc(C(N)=O)n2)c(F)cc1F. The van der Waals surface area contributed by atoms with Crippen LogP contribution in [0.4, 0.5) is 8.78 Å². The van der Waals surface area contributed by atoms with Crippen LogP contribution in [0.3, 0.4) is 0 Å². The number of benzene rings is 1. The Balaban J connectivity index is 2.09. The molecule has 150 valence electrons. The summed E-state index contributed by atoms with van der Waals surface area (Å²) in [7, 11) is 3.14. The number of halogens is 2. The molecule has 1 saturated heterocycles. The molecule has 1 aliphatic heterocycles. The molecule has 0 radical (unpaired) electrons. The van der Waals surface area contributed by atoms with Crippen LogP contribution in [0, 0.1) is 23.5 Å². The number of nitrogens with zero attached hydrogens (tertiary/aromatic N) is 2. The van der Waals surface area contributed by atoms with Crippen LogP contribution in [-0.4, -0.2) is 47.2 Å². The van der Waals surface area contributed by atoms with Gasteiger partial charge in [-0.25, -0.2) is 13.8 Å². The van der Waals surface area contributed by atoms with E-state index in [1.807, 2.05) is 0 Å². The molecular weight excluding hydrogens is 380 g/mol. The minimum atomic E-state index is -1.48. The largest absolute Gasteiger partial charge is 0.497 e. The molecule has 0 saturated carbocycles. The van der Waals surface area contributed by atoms with Gasteiger partial charge in [0.2, 0.25) is 0 Å². The molecule has 1 amide bonds. The minimum Gasteiger partial charge on any atom is -0.497 e. The summed E-state index contributed by atoms with van der Waals surface area (Å²) >= 11 is 0. The van der Waals surface area contributed by atoms with Crippen LogP contribution < -0.4 is 10.5 Å². The van der Waals surface area contributed by atoms with E-state index >= 15 is 0 Å². The van der Waals surface area contributed by atoms with Gasteiger partial charge in [-0.3, -0.25) is 4.79 Å². The number of hydrogen-bond donors (Lipinski definition) is 2. The highest BCUT2D eigenvalue weighted by Gasteiger charge is 2.36.